The molecule has 1 saturated heterocycles. The largest absolute Gasteiger partial charge is 0.491 e. The normalized spacial score (nSPS) is 14.2. The van der Waals surface area contributed by atoms with Crippen molar-refractivity contribution in [3.63, 3.8) is 0 Å². The van der Waals surface area contributed by atoms with Gasteiger partial charge in [0.1, 0.15) is 11.0 Å². The number of nitrogens with zero attached hydrogens (tertiary/aromatic N) is 2. The number of carbonyl (C=O) groups excluding carboxylic acids is 1. The van der Waals surface area contributed by atoms with Gasteiger partial charge in [-0.1, -0.05) is 11.6 Å². The molecule has 0 unspecified atom stereocenters. The van der Waals surface area contributed by atoms with E-state index in [1.165, 1.54) is 13.2 Å². The molecular formula is C23H29ClFN3O4. The fraction of sp³-hybridized carbons (Fsp3) is 0.478. The second kappa shape index (κ2) is 11.3. The number of aromatic nitrogens is 1. The van der Waals surface area contributed by atoms with E-state index >= 15 is 0 Å². The number of esters is 1. The monoisotopic (exact) mass is 465 g/mol. The van der Waals surface area contributed by atoms with Crippen LogP contribution in [0.4, 0.5) is 10.2 Å². The van der Waals surface area contributed by atoms with Crippen LogP contribution in [0.2, 0.25) is 5.15 Å². The number of piperidine rings is 1. The first-order valence-electron chi connectivity index (χ1n) is 10.8. The molecule has 0 radical (unpaired) electrons. The van der Waals surface area contributed by atoms with Crippen LogP contribution >= 0.6 is 11.6 Å². The highest BCUT2D eigenvalue weighted by atomic mass is 35.5. The number of nitrogens with one attached hydrogen (secondary N) is 1. The zero-order valence-corrected chi connectivity index (χ0v) is 19.4. The van der Waals surface area contributed by atoms with Gasteiger partial charge in [-0.3, -0.25) is 0 Å². The third-order valence-corrected chi connectivity index (χ3v) is 5.46. The average Bonchev–Trinajstić information content (AvgIpc) is 2.80. The van der Waals surface area contributed by atoms with Gasteiger partial charge in [0.25, 0.3) is 0 Å². The van der Waals surface area contributed by atoms with Crippen LogP contribution in [0, 0.1) is 5.82 Å². The number of benzene rings is 1. The van der Waals surface area contributed by atoms with E-state index in [9.17, 15) is 9.18 Å². The standard InChI is InChI=1S/C23H29ClFN3O4/c1-4-31-18-10-15(11-19(22(18)25)32-5-2)14-28(17-6-8-26-9-7-17)21-13-16(23(29)30-3)12-20(24)27-21/h10-13,17,26H,4-9,14H2,1-3H3. The summed E-state index contributed by atoms with van der Waals surface area (Å²) in [7, 11) is 1.32. The lowest BCUT2D eigenvalue weighted by molar-refractivity contribution is 0.0600. The maximum Gasteiger partial charge on any atom is 0.338 e. The summed E-state index contributed by atoms with van der Waals surface area (Å²) in [5, 5.41) is 3.56. The molecule has 0 amide bonds. The summed E-state index contributed by atoms with van der Waals surface area (Å²) in [4.78, 5) is 18.7. The van der Waals surface area contributed by atoms with Crippen molar-refractivity contribution in [3.8, 4) is 11.5 Å². The zero-order valence-electron chi connectivity index (χ0n) is 18.6. The van der Waals surface area contributed by atoms with E-state index in [1.807, 2.05) is 0 Å². The molecule has 0 spiro atoms. The minimum absolute atomic E-state index is 0.146. The lowest BCUT2D eigenvalue weighted by Crippen LogP contribution is -2.43. The van der Waals surface area contributed by atoms with Crippen LogP contribution in [0.3, 0.4) is 0 Å². The number of halogens is 2. The third kappa shape index (κ3) is 5.81. The Bertz CT molecular complexity index is 910. The first-order valence-corrected chi connectivity index (χ1v) is 11.2. The second-order valence-electron chi connectivity index (χ2n) is 7.41. The molecule has 1 aromatic carbocycles. The molecule has 3 rings (SSSR count). The van der Waals surface area contributed by atoms with Crippen molar-refractivity contribution in [3.05, 3.63) is 46.4 Å². The summed E-state index contributed by atoms with van der Waals surface area (Å²) in [6.45, 7) is 6.42. The minimum atomic E-state index is -0.514. The highest BCUT2D eigenvalue weighted by Crippen LogP contribution is 2.32. The van der Waals surface area contributed by atoms with E-state index in [-0.39, 0.29) is 22.7 Å². The van der Waals surface area contributed by atoms with E-state index in [0.29, 0.717) is 31.1 Å². The van der Waals surface area contributed by atoms with Crippen LogP contribution < -0.4 is 19.7 Å². The molecule has 1 aromatic heterocycles. The van der Waals surface area contributed by atoms with Crippen molar-refractivity contribution in [2.45, 2.75) is 39.3 Å². The Labute approximate surface area is 192 Å². The van der Waals surface area contributed by atoms with Crippen molar-refractivity contribution < 1.29 is 23.4 Å². The Balaban J connectivity index is 2.03. The lowest BCUT2D eigenvalue weighted by atomic mass is 10.0. The maximum absolute atomic E-state index is 14.7. The number of methoxy groups -OCH3 is 1. The van der Waals surface area contributed by atoms with Gasteiger partial charge >= 0.3 is 5.97 Å². The van der Waals surface area contributed by atoms with Crippen molar-refractivity contribution in [1.29, 1.82) is 0 Å². The smallest absolute Gasteiger partial charge is 0.338 e. The highest BCUT2D eigenvalue weighted by molar-refractivity contribution is 6.29. The van der Waals surface area contributed by atoms with E-state index in [4.69, 9.17) is 25.8 Å². The maximum atomic E-state index is 14.7. The SMILES string of the molecule is CCOc1cc(CN(c2cc(C(=O)OC)cc(Cl)n2)C2CCNCC2)cc(OCC)c1F. The number of rotatable bonds is 9. The Hall–Kier alpha value is -2.58. The van der Waals surface area contributed by atoms with Crippen LogP contribution in [0.25, 0.3) is 0 Å². The number of hydrogen-bond acceptors (Lipinski definition) is 7. The predicted molar refractivity (Wildman–Crippen MR) is 121 cm³/mol. The summed E-state index contributed by atoms with van der Waals surface area (Å²) in [5.41, 5.74) is 1.13. The molecule has 1 fully saturated rings. The van der Waals surface area contributed by atoms with Crippen molar-refractivity contribution in [2.24, 2.45) is 0 Å². The predicted octanol–water partition coefficient (Wildman–Crippen LogP) is 4.22. The molecule has 32 heavy (non-hydrogen) atoms. The van der Waals surface area contributed by atoms with Crippen LogP contribution in [-0.2, 0) is 11.3 Å². The van der Waals surface area contributed by atoms with E-state index in [1.54, 1.807) is 32.0 Å². The number of ether oxygens (including phenoxy) is 3. The quantitative estimate of drug-likeness (QED) is 0.439. The van der Waals surface area contributed by atoms with Gasteiger partial charge in [0.2, 0.25) is 5.82 Å². The third-order valence-electron chi connectivity index (χ3n) is 5.26. The summed E-state index contributed by atoms with van der Waals surface area (Å²) in [6, 6.07) is 6.68. The molecule has 9 heteroatoms. The van der Waals surface area contributed by atoms with Gasteiger partial charge < -0.3 is 24.4 Å². The molecule has 2 aromatic rings. The second-order valence-corrected chi connectivity index (χ2v) is 7.80. The molecule has 2 heterocycles. The highest BCUT2D eigenvalue weighted by Gasteiger charge is 2.25. The fourth-order valence-corrected chi connectivity index (χ4v) is 4.02. The fourth-order valence-electron chi connectivity index (χ4n) is 3.82. The van der Waals surface area contributed by atoms with Crippen molar-refractivity contribution >= 4 is 23.4 Å². The van der Waals surface area contributed by atoms with E-state index in [0.717, 1.165) is 31.5 Å². The molecular weight excluding hydrogens is 437 g/mol. The number of pyridine rings is 1. The topological polar surface area (TPSA) is 72.9 Å². The number of anilines is 1. The molecule has 0 bridgehead atoms. The number of carbonyl (C=O) groups is 1. The van der Waals surface area contributed by atoms with Gasteiger partial charge in [0.05, 0.1) is 25.9 Å². The van der Waals surface area contributed by atoms with Crippen LogP contribution in [0.1, 0.15) is 42.6 Å². The molecule has 1 aliphatic heterocycles. The zero-order chi connectivity index (χ0) is 23.1. The summed E-state index contributed by atoms with van der Waals surface area (Å²) in [5.74, 6) is -0.148. The van der Waals surface area contributed by atoms with Gasteiger partial charge in [-0.25, -0.2) is 9.78 Å². The molecule has 174 valence electrons. The first-order chi connectivity index (χ1) is 15.5. The van der Waals surface area contributed by atoms with E-state index in [2.05, 4.69) is 15.2 Å². The summed E-state index contributed by atoms with van der Waals surface area (Å²) >= 11 is 6.24. The van der Waals surface area contributed by atoms with E-state index < -0.39 is 11.8 Å². The summed E-state index contributed by atoms with van der Waals surface area (Å²) in [6.07, 6.45) is 1.78. The average molecular weight is 466 g/mol. The van der Waals surface area contributed by atoms with Crippen molar-refractivity contribution in [1.82, 2.24) is 10.3 Å². The molecule has 7 nitrogen and oxygen atoms in total. The number of hydrogen-bond donors (Lipinski definition) is 1. The van der Waals surface area contributed by atoms with Gasteiger partial charge in [-0.15, -0.1) is 0 Å². The van der Waals surface area contributed by atoms with Gasteiger partial charge in [-0.2, -0.15) is 4.39 Å². The molecule has 1 aliphatic rings. The summed E-state index contributed by atoms with van der Waals surface area (Å²) < 4.78 is 30.6. The van der Waals surface area contributed by atoms with Crippen LogP contribution in [0.5, 0.6) is 11.5 Å². The molecule has 0 saturated carbocycles. The lowest BCUT2D eigenvalue weighted by Gasteiger charge is -2.36. The Kier molecular flexibility index (Phi) is 8.53. The Morgan fingerprint density at radius 1 is 1.16 bits per heavy atom. The van der Waals surface area contributed by atoms with Gasteiger partial charge in [0, 0.05) is 12.6 Å². The molecule has 0 aliphatic carbocycles. The Morgan fingerprint density at radius 3 is 2.34 bits per heavy atom. The van der Waals surface area contributed by atoms with Crippen molar-refractivity contribution in [2.75, 3.05) is 38.3 Å². The molecule has 1 N–H and O–H groups in total. The minimum Gasteiger partial charge on any atom is -0.491 e. The van der Waals surface area contributed by atoms with Crippen LogP contribution in [-0.4, -0.2) is 50.4 Å². The van der Waals surface area contributed by atoms with Gasteiger partial charge in [-0.05, 0) is 69.6 Å². The first kappa shape index (κ1) is 24.1. The molecule has 0 atom stereocenters. The Morgan fingerprint density at radius 2 is 1.78 bits per heavy atom. The van der Waals surface area contributed by atoms with Crippen LogP contribution in [0.15, 0.2) is 24.3 Å². The van der Waals surface area contributed by atoms with Gasteiger partial charge in [0.15, 0.2) is 11.5 Å².